The highest BCUT2D eigenvalue weighted by Crippen LogP contribution is 2.35. The fraction of sp³-hybridized carbons (Fsp3) is 0.259. The Morgan fingerprint density at radius 3 is 2.31 bits per heavy atom. The van der Waals surface area contributed by atoms with Gasteiger partial charge in [-0.05, 0) is 60.4 Å². The molecule has 3 aromatic rings. The van der Waals surface area contributed by atoms with E-state index in [1.165, 1.54) is 24.3 Å². The van der Waals surface area contributed by atoms with Gasteiger partial charge in [-0.25, -0.2) is 4.39 Å². The van der Waals surface area contributed by atoms with Gasteiger partial charge in [0.2, 0.25) is 5.91 Å². The smallest absolute Gasteiger partial charge is 0.352 e. The molecule has 3 aromatic carbocycles. The van der Waals surface area contributed by atoms with E-state index < -0.39 is 17.7 Å². The van der Waals surface area contributed by atoms with Crippen molar-refractivity contribution in [1.82, 2.24) is 10.2 Å². The Kier molecular flexibility index (Phi) is 7.19. The molecule has 0 aliphatic carbocycles. The van der Waals surface area contributed by atoms with E-state index in [1.807, 2.05) is 0 Å². The number of rotatable bonds is 5. The Bertz CT molecular complexity index is 1180. The van der Waals surface area contributed by atoms with E-state index in [0.717, 1.165) is 17.7 Å². The van der Waals surface area contributed by atoms with Crippen molar-refractivity contribution in [2.45, 2.75) is 31.6 Å². The van der Waals surface area contributed by atoms with E-state index in [1.54, 1.807) is 47.4 Å². The summed E-state index contributed by atoms with van der Waals surface area (Å²) in [6, 6.07) is 19.2. The first-order chi connectivity index (χ1) is 16.7. The molecule has 0 unspecified atom stereocenters. The van der Waals surface area contributed by atoms with Crippen molar-refractivity contribution in [3.05, 3.63) is 107 Å². The Morgan fingerprint density at radius 1 is 0.914 bits per heavy atom. The van der Waals surface area contributed by atoms with Crippen molar-refractivity contribution in [2.75, 3.05) is 6.54 Å². The monoisotopic (exact) mass is 484 g/mol. The van der Waals surface area contributed by atoms with Crippen LogP contribution in [-0.4, -0.2) is 23.3 Å². The molecule has 4 rings (SSSR count). The van der Waals surface area contributed by atoms with Gasteiger partial charge in [-0.15, -0.1) is 0 Å². The van der Waals surface area contributed by atoms with Crippen molar-refractivity contribution < 1.29 is 27.2 Å². The summed E-state index contributed by atoms with van der Waals surface area (Å²) in [5.74, 6) is -1.47. The lowest BCUT2D eigenvalue weighted by Crippen LogP contribution is -2.46. The standard InChI is InChI=1S/C27H24F4N2O2/c28-23-12-9-19(10-13-23)24-14-11-21(17-33(24)26(35)20-6-2-1-3-7-20)25(34)32-16-18-5-4-8-22(15-18)27(29,30)31/h1-10,12-13,15,21,24H,11,14,16-17H2,(H,32,34)/t21-,24-/m0/s1. The van der Waals surface area contributed by atoms with Gasteiger partial charge in [-0.3, -0.25) is 9.59 Å². The summed E-state index contributed by atoms with van der Waals surface area (Å²) in [5, 5.41) is 2.71. The molecule has 1 aliphatic heterocycles. The molecule has 0 bridgehead atoms. The van der Waals surface area contributed by atoms with Crippen molar-refractivity contribution in [3.8, 4) is 0 Å². The van der Waals surface area contributed by atoms with E-state index in [4.69, 9.17) is 0 Å². The summed E-state index contributed by atoms with van der Waals surface area (Å²) in [4.78, 5) is 27.9. The molecule has 35 heavy (non-hydrogen) atoms. The zero-order chi connectivity index (χ0) is 25.0. The molecule has 2 amide bonds. The number of carbonyl (C=O) groups is 2. The third-order valence-electron chi connectivity index (χ3n) is 6.21. The van der Waals surface area contributed by atoms with Crippen molar-refractivity contribution in [1.29, 1.82) is 0 Å². The van der Waals surface area contributed by atoms with E-state index in [0.29, 0.717) is 24.0 Å². The Balaban J connectivity index is 1.49. The minimum Gasteiger partial charge on any atom is -0.352 e. The van der Waals surface area contributed by atoms with Gasteiger partial charge in [0.05, 0.1) is 17.5 Å². The van der Waals surface area contributed by atoms with Crippen LogP contribution in [-0.2, 0) is 17.5 Å². The fourth-order valence-electron chi connectivity index (χ4n) is 4.38. The van der Waals surface area contributed by atoms with Gasteiger partial charge in [0, 0.05) is 18.7 Å². The summed E-state index contributed by atoms with van der Waals surface area (Å²) in [6.07, 6.45) is -3.49. The fourth-order valence-corrected chi connectivity index (χ4v) is 4.38. The van der Waals surface area contributed by atoms with E-state index in [2.05, 4.69) is 5.32 Å². The third kappa shape index (κ3) is 5.88. The second kappa shape index (κ2) is 10.3. The molecule has 8 heteroatoms. The average Bonchev–Trinajstić information content (AvgIpc) is 2.87. The van der Waals surface area contributed by atoms with Crippen LogP contribution < -0.4 is 5.32 Å². The van der Waals surface area contributed by atoms with Gasteiger partial charge < -0.3 is 10.2 Å². The topological polar surface area (TPSA) is 49.4 Å². The summed E-state index contributed by atoms with van der Waals surface area (Å²) in [6.45, 7) is 0.0947. The average molecular weight is 484 g/mol. The number of nitrogens with one attached hydrogen (secondary N) is 1. The van der Waals surface area contributed by atoms with Gasteiger partial charge in [0.15, 0.2) is 0 Å². The van der Waals surface area contributed by atoms with Crippen molar-refractivity contribution in [2.24, 2.45) is 5.92 Å². The second-order valence-electron chi connectivity index (χ2n) is 8.58. The van der Waals surface area contributed by atoms with Gasteiger partial charge >= 0.3 is 6.18 Å². The minimum absolute atomic E-state index is 0.0483. The highest BCUT2D eigenvalue weighted by Gasteiger charge is 2.36. The summed E-state index contributed by atoms with van der Waals surface area (Å²) < 4.78 is 52.4. The number of likely N-dealkylation sites (tertiary alicyclic amines) is 1. The van der Waals surface area contributed by atoms with E-state index in [-0.39, 0.29) is 36.8 Å². The first-order valence-electron chi connectivity index (χ1n) is 11.3. The van der Waals surface area contributed by atoms with E-state index in [9.17, 15) is 27.2 Å². The highest BCUT2D eigenvalue weighted by molar-refractivity contribution is 5.95. The van der Waals surface area contributed by atoms with Crippen LogP contribution in [0.5, 0.6) is 0 Å². The van der Waals surface area contributed by atoms with Crippen LogP contribution in [0.3, 0.4) is 0 Å². The maximum absolute atomic E-state index is 13.5. The lowest BCUT2D eigenvalue weighted by Gasteiger charge is -2.39. The van der Waals surface area contributed by atoms with Crippen molar-refractivity contribution >= 4 is 11.8 Å². The lowest BCUT2D eigenvalue weighted by atomic mass is 9.87. The molecule has 2 atom stereocenters. The maximum Gasteiger partial charge on any atom is 0.416 e. The molecule has 0 aromatic heterocycles. The van der Waals surface area contributed by atoms with Gasteiger partial charge in [0.1, 0.15) is 5.82 Å². The van der Waals surface area contributed by atoms with Crippen LogP contribution in [0.4, 0.5) is 17.6 Å². The third-order valence-corrected chi connectivity index (χ3v) is 6.21. The number of alkyl halides is 3. The number of amides is 2. The summed E-state index contributed by atoms with van der Waals surface area (Å²) in [7, 11) is 0. The van der Waals surface area contributed by atoms with Gasteiger partial charge in [-0.1, -0.05) is 42.5 Å². The largest absolute Gasteiger partial charge is 0.416 e. The second-order valence-corrected chi connectivity index (χ2v) is 8.58. The lowest BCUT2D eigenvalue weighted by molar-refractivity contribution is -0.137. The van der Waals surface area contributed by atoms with Crippen LogP contribution in [0.2, 0.25) is 0 Å². The van der Waals surface area contributed by atoms with Crippen LogP contribution in [0.1, 0.15) is 45.9 Å². The number of piperidine rings is 1. The zero-order valence-electron chi connectivity index (χ0n) is 18.8. The van der Waals surface area contributed by atoms with Crippen molar-refractivity contribution in [3.63, 3.8) is 0 Å². The highest BCUT2D eigenvalue weighted by atomic mass is 19.4. The molecule has 0 saturated carbocycles. The Labute approximate surface area is 200 Å². The van der Waals surface area contributed by atoms with Gasteiger partial charge in [0.25, 0.3) is 5.91 Å². The number of hydrogen-bond donors (Lipinski definition) is 1. The normalized spacial score (nSPS) is 18.2. The Hall–Kier alpha value is -3.68. The molecule has 1 aliphatic rings. The summed E-state index contributed by atoms with van der Waals surface area (Å²) >= 11 is 0. The first kappa shape index (κ1) is 24.4. The molecule has 0 radical (unpaired) electrons. The molecule has 1 N–H and O–H groups in total. The molecule has 1 fully saturated rings. The quantitative estimate of drug-likeness (QED) is 0.469. The predicted octanol–water partition coefficient (Wildman–Crippen LogP) is 5.75. The first-order valence-corrected chi connectivity index (χ1v) is 11.3. The van der Waals surface area contributed by atoms with Crippen LogP contribution in [0, 0.1) is 11.7 Å². The molecular weight excluding hydrogens is 460 g/mol. The van der Waals surface area contributed by atoms with Crippen LogP contribution >= 0.6 is 0 Å². The maximum atomic E-state index is 13.5. The van der Waals surface area contributed by atoms with Crippen LogP contribution in [0.25, 0.3) is 0 Å². The molecule has 1 heterocycles. The molecular formula is C27H24F4N2O2. The zero-order valence-corrected chi connectivity index (χ0v) is 18.8. The number of hydrogen-bond acceptors (Lipinski definition) is 2. The summed E-state index contributed by atoms with van der Waals surface area (Å²) in [5.41, 5.74) is 0.817. The number of nitrogens with zero attached hydrogens (tertiary/aromatic N) is 1. The molecule has 4 nitrogen and oxygen atoms in total. The Morgan fingerprint density at radius 2 is 1.63 bits per heavy atom. The predicted molar refractivity (Wildman–Crippen MR) is 123 cm³/mol. The number of benzene rings is 3. The van der Waals surface area contributed by atoms with Crippen LogP contribution in [0.15, 0.2) is 78.9 Å². The van der Waals surface area contributed by atoms with E-state index >= 15 is 0 Å². The minimum atomic E-state index is -4.46. The number of halogens is 4. The molecule has 182 valence electrons. The molecule has 0 spiro atoms. The number of carbonyl (C=O) groups excluding carboxylic acids is 2. The SMILES string of the molecule is O=C(NCc1cccc(C(F)(F)F)c1)[C@H]1CC[C@@H](c2ccc(F)cc2)N(C(=O)c2ccccc2)C1. The molecule has 1 saturated heterocycles. The van der Waals surface area contributed by atoms with Gasteiger partial charge in [-0.2, -0.15) is 13.2 Å².